The summed E-state index contributed by atoms with van der Waals surface area (Å²) in [4.78, 5) is 22.9. The minimum atomic E-state index is -0.311. The van der Waals surface area contributed by atoms with Gasteiger partial charge in [0.05, 0.1) is 21.9 Å². The van der Waals surface area contributed by atoms with Crippen molar-refractivity contribution in [3.05, 3.63) is 52.6 Å². The van der Waals surface area contributed by atoms with Crippen molar-refractivity contribution < 1.29 is 9.18 Å². The van der Waals surface area contributed by atoms with Crippen LogP contribution in [-0.2, 0) is 4.79 Å². The maximum atomic E-state index is 13.8. The van der Waals surface area contributed by atoms with Crippen molar-refractivity contribution in [3.8, 4) is 11.1 Å². The lowest BCUT2D eigenvalue weighted by Gasteiger charge is -2.33. The third-order valence-electron chi connectivity index (χ3n) is 6.44. The quantitative estimate of drug-likeness (QED) is 0.416. The Kier molecular flexibility index (Phi) is 5.95. The lowest BCUT2D eigenvalue weighted by atomic mass is 10.0. The molecule has 1 saturated heterocycles. The Morgan fingerprint density at radius 1 is 1.26 bits per heavy atom. The zero-order valence-corrected chi connectivity index (χ0v) is 20.5. The van der Waals surface area contributed by atoms with Crippen molar-refractivity contribution in [1.29, 1.82) is 0 Å². The van der Waals surface area contributed by atoms with Gasteiger partial charge in [-0.2, -0.15) is 9.61 Å². The van der Waals surface area contributed by atoms with Gasteiger partial charge in [-0.1, -0.05) is 0 Å². The molecule has 1 unspecified atom stereocenters. The highest BCUT2D eigenvalue weighted by Crippen LogP contribution is 2.33. The zero-order chi connectivity index (χ0) is 24.0. The molecule has 0 bridgehead atoms. The van der Waals surface area contributed by atoms with Crippen LogP contribution in [0.5, 0.6) is 0 Å². The number of carbonyl (C=O) groups excluding carboxylic acids is 1. The van der Waals surface area contributed by atoms with Crippen molar-refractivity contribution in [1.82, 2.24) is 29.8 Å². The second kappa shape index (κ2) is 8.92. The van der Waals surface area contributed by atoms with E-state index in [1.54, 1.807) is 29.9 Å². The van der Waals surface area contributed by atoms with E-state index in [1.807, 2.05) is 11.0 Å². The summed E-state index contributed by atoms with van der Waals surface area (Å²) in [6.07, 6.45) is 5.21. The van der Waals surface area contributed by atoms with Gasteiger partial charge < -0.3 is 16.0 Å². The van der Waals surface area contributed by atoms with Crippen LogP contribution in [0.3, 0.4) is 0 Å². The van der Waals surface area contributed by atoms with E-state index in [-0.39, 0.29) is 23.8 Å². The molecule has 34 heavy (non-hydrogen) atoms. The standard InChI is InChI=1S/C24H25BrFN7O/c1-13(30-18-5-7-32(8-6-18)14(2)34)22-21(25)23(27)33-24(31-22)19(12-29-33)16-9-15-10-17(26)3-4-20(15)28-11-16/h3-4,9-13,18,30H,5-8,27H2,1-2H3. The van der Waals surface area contributed by atoms with Crippen molar-refractivity contribution in [3.63, 3.8) is 0 Å². The van der Waals surface area contributed by atoms with Gasteiger partial charge in [-0.05, 0) is 60.0 Å². The fourth-order valence-corrected chi connectivity index (χ4v) is 5.15. The minimum Gasteiger partial charge on any atom is -0.383 e. The summed E-state index contributed by atoms with van der Waals surface area (Å²) in [7, 11) is 0. The van der Waals surface area contributed by atoms with E-state index in [1.165, 1.54) is 12.1 Å². The number of nitrogens with two attached hydrogens (primary N) is 1. The predicted molar refractivity (Wildman–Crippen MR) is 133 cm³/mol. The second-order valence-electron chi connectivity index (χ2n) is 8.72. The van der Waals surface area contributed by atoms with Crippen LogP contribution in [0.2, 0.25) is 0 Å². The Hall–Kier alpha value is -3.11. The molecule has 176 valence electrons. The molecular weight excluding hydrogens is 501 g/mol. The Labute approximate surface area is 204 Å². The highest BCUT2D eigenvalue weighted by Gasteiger charge is 2.25. The highest BCUT2D eigenvalue weighted by molar-refractivity contribution is 9.10. The molecular formula is C24H25BrFN7O. The summed E-state index contributed by atoms with van der Waals surface area (Å²) in [6, 6.07) is 6.60. The highest BCUT2D eigenvalue weighted by atomic mass is 79.9. The average Bonchev–Trinajstić information content (AvgIpc) is 3.25. The number of aromatic nitrogens is 4. The lowest BCUT2D eigenvalue weighted by molar-refractivity contribution is -0.129. The van der Waals surface area contributed by atoms with Crippen LogP contribution in [0.15, 0.2) is 41.1 Å². The van der Waals surface area contributed by atoms with E-state index in [0.29, 0.717) is 26.8 Å². The summed E-state index contributed by atoms with van der Waals surface area (Å²) in [6.45, 7) is 5.16. The number of nitrogens with one attached hydrogen (secondary N) is 1. The van der Waals surface area contributed by atoms with Crippen LogP contribution in [-0.4, -0.2) is 49.5 Å². The van der Waals surface area contributed by atoms with Gasteiger partial charge in [0.2, 0.25) is 5.91 Å². The third kappa shape index (κ3) is 4.12. The van der Waals surface area contributed by atoms with Gasteiger partial charge in [0.1, 0.15) is 11.6 Å². The topological polar surface area (TPSA) is 101 Å². The number of hydrogen-bond donors (Lipinski definition) is 2. The summed E-state index contributed by atoms with van der Waals surface area (Å²) in [5.41, 5.74) is 10.1. The summed E-state index contributed by atoms with van der Waals surface area (Å²) in [5.74, 6) is 0.258. The molecule has 5 rings (SSSR count). The SMILES string of the molecule is CC(=O)N1CCC(NC(C)c2nc3c(-c4cnc5ccc(F)cc5c4)cnn3c(N)c2Br)CC1. The molecule has 1 aliphatic heterocycles. The lowest BCUT2D eigenvalue weighted by Crippen LogP contribution is -2.45. The van der Waals surface area contributed by atoms with Gasteiger partial charge in [-0.3, -0.25) is 9.78 Å². The van der Waals surface area contributed by atoms with Crippen LogP contribution in [0, 0.1) is 5.82 Å². The van der Waals surface area contributed by atoms with Gasteiger partial charge in [-0.25, -0.2) is 9.37 Å². The van der Waals surface area contributed by atoms with Crippen LogP contribution in [0.4, 0.5) is 10.2 Å². The van der Waals surface area contributed by atoms with E-state index >= 15 is 0 Å². The molecule has 0 aliphatic carbocycles. The number of rotatable bonds is 4. The van der Waals surface area contributed by atoms with Crippen molar-refractivity contribution in [2.45, 2.75) is 38.8 Å². The molecule has 1 aromatic carbocycles. The van der Waals surface area contributed by atoms with E-state index in [0.717, 1.165) is 42.8 Å². The number of amides is 1. The molecule has 8 nitrogen and oxygen atoms in total. The number of halogens is 2. The molecule has 0 radical (unpaired) electrons. The Morgan fingerprint density at radius 2 is 2.03 bits per heavy atom. The van der Waals surface area contributed by atoms with E-state index in [2.05, 4.69) is 38.3 Å². The first-order valence-corrected chi connectivity index (χ1v) is 12.0. The number of nitrogen functional groups attached to an aromatic ring is 1. The molecule has 0 saturated carbocycles. The monoisotopic (exact) mass is 525 g/mol. The maximum Gasteiger partial charge on any atom is 0.219 e. The van der Waals surface area contributed by atoms with Crippen molar-refractivity contribution in [2.75, 3.05) is 18.8 Å². The van der Waals surface area contributed by atoms with Crippen LogP contribution in [0.1, 0.15) is 38.4 Å². The molecule has 10 heteroatoms. The Morgan fingerprint density at radius 3 is 2.76 bits per heavy atom. The summed E-state index contributed by atoms with van der Waals surface area (Å²) in [5, 5.41) is 8.78. The number of nitrogens with zero attached hydrogens (tertiary/aromatic N) is 5. The molecule has 4 heterocycles. The van der Waals surface area contributed by atoms with Gasteiger partial charge in [0.15, 0.2) is 5.65 Å². The molecule has 1 amide bonds. The fraction of sp³-hybridized carbons (Fsp3) is 0.333. The van der Waals surface area contributed by atoms with E-state index < -0.39 is 0 Å². The summed E-state index contributed by atoms with van der Waals surface area (Å²) < 4.78 is 16.0. The number of likely N-dealkylation sites (tertiary alicyclic amines) is 1. The number of carbonyl (C=O) groups is 1. The smallest absolute Gasteiger partial charge is 0.219 e. The molecule has 1 aliphatic rings. The van der Waals surface area contributed by atoms with Gasteiger partial charge in [0.25, 0.3) is 0 Å². The van der Waals surface area contributed by atoms with Crippen LogP contribution >= 0.6 is 15.9 Å². The first-order valence-electron chi connectivity index (χ1n) is 11.2. The van der Waals surface area contributed by atoms with E-state index in [4.69, 9.17) is 10.7 Å². The number of pyridine rings is 1. The number of piperidine rings is 1. The molecule has 1 atom stereocenters. The van der Waals surface area contributed by atoms with Crippen molar-refractivity contribution in [2.24, 2.45) is 0 Å². The van der Waals surface area contributed by atoms with E-state index in [9.17, 15) is 9.18 Å². The Balaban J connectivity index is 1.48. The largest absolute Gasteiger partial charge is 0.383 e. The normalized spacial score (nSPS) is 15.8. The van der Waals surface area contributed by atoms with Gasteiger partial charge in [0, 0.05) is 54.8 Å². The first-order chi connectivity index (χ1) is 16.3. The molecule has 0 spiro atoms. The van der Waals surface area contributed by atoms with Crippen LogP contribution < -0.4 is 11.1 Å². The molecule has 3 aromatic heterocycles. The van der Waals surface area contributed by atoms with Crippen molar-refractivity contribution >= 4 is 44.2 Å². The first kappa shape index (κ1) is 22.7. The maximum absolute atomic E-state index is 13.8. The van der Waals surface area contributed by atoms with Crippen LogP contribution in [0.25, 0.3) is 27.7 Å². The number of hydrogen-bond acceptors (Lipinski definition) is 6. The predicted octanol–water partition coefficient (Wildman–Crippen LogP) is 4.09. The number of benzene rings is 1. The molecule has 1 fully saturated rings. The molecule has 3 N–H and O–H groups in total. The minimum absolute atomic E-state index is 0.0814. The Bertz CT molecular complexity index is 1400. The number of fused-ring (bicyclic) bond motifs is 2. The van der Waals surface area contributed by atoms with Gasteiger partial charge >= 0.3 is 0 Å². The second-order valence-corrected chi connectivity index (χ2v) is 9.51. The third-order valence-corrected chi connectivity index (χ3v) is 7.25. The fourth-order valence-electron chi connectivity index (χ4n) is 4.55. The zero-order valence-electron chi connectivity index (χ0n) is 18.9. The molecule has 4 aromatic rings. The summed E-state index contributed by atoms with van der Waals surface area (Å²) >= 11 is 3.61. The average molecular weight is 526 g/mol. The van der Waals surface area contributed by atoms with Gasteiger partial charge in [-0.15, -0.1) is 0 Å². The number of anilines is 1.